The Kier molecular flexibility index (Phi) is 3.26. The van der Waals surface area contributed by atoms with Gasteiger partial charge in [-0.15, -0.1) is 0 Å². The Labute approximate surface area is 103 Å². The van der Waals surface area contributed by atoms with Crippen molar-refractivity contribution in [1.29, 1.82) is 0 Å². The predicted octanol–water partition coefficient (Wildman–Crippen LogP) is 0.262. The predicted molar refractivity (Wildman–Crippen MR) is 65.0 cm³/mol. The third-order valence-electron chi connectivity index (χ3n) is 2.69. The van der Waals surface area contributed by atoms with E-state index in [2.05, 4.69) is 15.6 Å². The van der Waals surface area contributed by atoms with Gasteiger partial charge in [-0.3, -0.25) is 14.9 Å². The molecule has 0 radical (unpaired) electrons. The van der Waals surface area contributed by atoms with Crippen LogP contribution in [0.1, 0.15) is 12.8 Å². The highest BCUT2D eigenvalue weighted by Gasteiger charge is 2.25. The molecule has 0 bridgehead atoms. The minimum Gasteiger partial charge on any atom is -0.384 e. The van der Waals surface area contributed by atoms with Crippen LogP contribution in [0.15, 0.2) is 12.1 Å². The normalized spacial score (nSPS) is 19.1. The van der Waals surface area contributed by atoms with Crippen LogP contribution in [0.5, 0.6) is 0 Å². The molecule has 0 aromatic carbocycles. The van der Waals surface area contributed by atoms with Gasteiger partial charge in [-0.1, -0.05) is 0 Å². The Morgan fingerprint density at radius 1 is 1.56 bits per heavy atom. The number of hydrogen-bond acceptors (Lipinski definition) is 6. The molecule has 1 unspecified atom stereocenters. The smallest absolute Gasteiger partial charge is 0.311 e. The van der Waals surface area contributed by atoms with Crippen LogP contribution in [0.25, 0.3) is 0 Å². The Balaban J connectivity index is 2.24. The van der Waals surface area contributed by atoms with Crippen molar-refractivity contribution in [2.45, 2.75) is 18.9 Å². The van der Waals surface area contributed by atoms with E-state index in [4.69, 9.17) is 5.73 Å². The molecule has 1 aromatic rings. The Morgan fingerprint density at radius 2 is 2.33 bits per heavy atom. The van der Waals surface area contributed by atoms with Gasteiger partial charge in [0, 0.05) is 12.6 Å². The molecule has 1 atom stereocenters. The van der Waals surface area contributed by atoms with Gasteiger partial charge in [0.05, 0.1) is 4.92 Å². The Bertz CT molecular complexity index is 490. The lowest BCUT2D eigenvalue weighted by Gasteiger charge is -2.23. The third kappa shape index (κ3) is 2.47. The molecule has 8 heteroatoms. The largest absolute Gasteiger partial charge is 0.384 e. The van der Waals surface area contributed by atoms with E-state index < -0.39 is 11.0 Å². The monoisotopic (exact) mass is 251 g/mol. The molecule has 2 heterocycles. The molecule has 96 valence electrons. The first-order valence-electron chi connectivity index (χ1n) is 5.53. The zero-order valence-electron chi connectivity index (χ0n) is 9.55. The van der Waals surface area contributed by atoms with Crippen molar-refractivity contribution in [3.05, 3.63) is 22.2 Å². The van der Waals surface area contributed by atoms with E-state index in [0.717, 1.165) is 6.42 Å². The van der Waals surface area contributed by atoms with Crippen LogP contribution in [0, 0.1) is 10.1 Å². The maximum atomic E-state index is 11.6. The van der Waals surface area contributed by atoms with Gasteiger partial charge in [0.2, 0.25) is 11.7 Å². The molecular weight excluding hydrogens is 238 g/mol. The third-order valence-corrected chi connectivity index (χ3v) is 2.69. The molecule has 0 aliphatic carbocycles. The highest BCUT2D eigenvalue weighted by atomic mass is 16.6. The second-order valence-corrected chi connectivity index (χ2v) is 3.99. The van der Waals surface area contributed by atoms with Crippen molar-refractivity contribution in [1.82, 2.24) is 10.3 Å². The summed E-state index contributed by atoms with van der Waals surface area (Å²) in [6, 6.07) is 2.11. The van der Waals surface area contributed by atoms with Crippen molar-refractivity contribution < 1.29 is 9.72 Å². The lowest BCUT2D eigenvalue weighted by molar-refractivity contribution is -0.384. The molecule has 1 saturated heterocycles. The number of nitrogens with one attached hydrogen (secondary N) is 2. The lowest BCUT2D eigenvalue weighted by atomic mass is 10.1. The Hall–Kier alpha value is -2.38. The zero-order chi connectivity index (χ0) is 13.1. The molecule has 2 rings (SSSR count). The quantitative estimate of drug-likeness (QED) is 0.523. The van der Waals surface area contributed by atoms with Gasteiger partial charge in [0.15, 0.2) is 0 Å². The molecule has 1 aliphatic rings. The van der Waals surface area contributed by atoms with Crippen LogP contribution < -0.4 is 16.4 Å². The van der Waals surface area contributed by atoms with E-state index in [1.54, 1.807) is 0 Å². The zero-order valence-corrected chi connectivity index (χ0v) is 9.55. The highest BCUT2D eigenvalue weighted by Crippen LogP contribution is 2.24. The van der Waals surface area contributed by atoms with Gasteiger partial charge in [0.1, 0.15) is 11.9 Å². The summed E-state index contributed by atoms with van der Waals surface area (Å²) < 4.78 is 0. The molecule has 1 fully saturated rings. The molecule has 8 nitrogen and oxygen atoms in total. The van der Waals surface area contributed by atoms with Crippen LogP contribution in [0.2, 0.25) is 0 Å². The number of amides is 1. The molecular formula is C10H13N5O3. The Morgan fingerprint density at radius 3 is 3.00 bits per heavy atom. The maximum absolute atomic E-state index is 11.6. The number of nitrogens with zero attached hydrogens (tertiary/aromatic N) is 2. The summed E-state index contributed by atoms with van der Waals surface area (Å²) in [5, 5.41) is 16.3. The first-order chi connectivity index (χ1) is 8.58. The first kappa shape index (κ1) is 12.1. The average molecular weight is 251 g/mol. The number of pyridine rings is 1. The van der Waals surface area contributed by atoms with E-state index >= 15 is 0 Å². The standard InChI is InChI=1S/C10H13N5O3/c11-8-4-3-7(15(17)18)9(14-8)13-6-2-1-5-12-10(6)16/h3-4,6H,1-2,5H2,(H,12,16)(H3,11,13,14). The topological polar surface area (TPSA) is 123 Å². The molecule has 18 heavy (non-hydrogen) atoms. The summed E-state index contributed by atoms with van der Waals surface area (Å²) in [6.07, 6.45) is 1.43. The van der Waals surface area contributed by atoms with Crippen LogP contribution in [-0.2, 0) is 4.79 Å². The van der Waals surface area contributed by atoms with Crippen LogP contribution in [0.3, 0.4) is 0 Å². The second kappa shape index (κ2) is 4.86. The van der Waals surface area contributed by atoms with E-state index in [1.165, 1.54) is 12.1 Å². The number of nitrogens with two attached hydrogens (primary N) is 1. The van der Waals surface area contributed by atoms with Crippen molar-refractivity contribution >= 4 is 23.2 Å². The van der Waals surface area contributed by atoms with Crippen molar-refractivity contribution in [2.75, 3.05) is 17.6 Å². The number of anilines is 2. The minimum absolute atomic E-state index is 0.0297. The van der Waals surface area contributed by atoms with Crippen LogP contribution in [0.4, 0.5) is 17.3 Å². The van der Waals surface area contributed by atoms with Crippen molar-refractivity contribution in [3.8, 4) is 0 Å². The van der Waals surface area contributed by atoms with Gasteiger partial charge in [-0.2, -0.15) is 0 Å². The van der Waals surface area contributed by atoms with E-state index in [1.807, 2.05) is 0 Å². The fourth-order valence-corrected chi connectivity index (χ4v) is 1.80. The van der Waals surface area contributed by atoms with Gasteiger partial charge in [-0.25, -0.2) is 4.98 Å². The van der Waals surface area contributed by atoms with Crippen molar-refractivity contribution in [3.63, 3.8) is 0 Å². The van der Waals surface area contributed by atoms with E-state index in [0.29, 0.717) is 13.0 Å². The number of rotatable bonds is 3. The van der Waals surface area contributed by atoms with Gasteiger partial charge < -0.3 is 16.4 Å². The average Bonchev–Trinajstić information content (AvgIpc) is 2.32. The second-order valence-electron chi connectivity index (χ2n) is 3.99. The summed E-state index contributed by atoms with van der Waals surface area (Å²) in [6.45, 7) is 0.628. The number of aromatic nitrogens is 1. The minimum atomic E-state index is -0.560. The lowest BCUT2D eigenvalue weighted by Crippen LogP contribution is -2.44. The molecule has 1 amide bonds. The number of nitro groups is 1. The number of carbonyl (C=O) groups is 1. The van der Waals surface area contributed by atoms with Gasteiger partial charge >= 0.3 is 5.69 Å². The summed E-state index contributed by atoms with van der Waals surface area (Å²) in [4.78, 5) is 25.7. The summed E-state index contributed by atoms with van der Waals surface area (Å²) in [5.74, 6) is 0.0149. The SMILES string of the molecule is Nc1ccc([N+](=O)[O-])c(NC2CCCNC2=O)n1. The summed E-state index contributed by atoms with van der Waals surface area (Å²) >= 11 is 0. The maximum Gasteiger partial charge on any atom is 0.311 e. The fourth-order valence-electron chi connectivity index (χ4n) is 1.80. The van der Waals surface area contributed by atoms with Crippen LogP contribution in [-0.4, -0.2) is 28.4 Å². The first-order valence-corrected chi connectivity index (χ1v) is 5.53. The van der Waals surface area contributed by atoms with E-state index in [9.17, 15) is 14.9 Å². The fraction of sp³-hybridized carbons (Fsp3) is 0.400. The van der Waals surface area contributed by atoms with Crippen molar-refractivity contribution in [2.24, 2.45) is 0 Å². The number of piperidine rings is 1. The molecule has 0 saturated carbocycles. The molecule has 0 spiro atoms. The highest BCUT2D eigenvalue weighted by molar-refractivity contribution is 5.85. The summed E-state index contributed by atoms with van der Waals surface area (Å²) in [5.41, 5.74) is 5.30. The molecule has 1 aromatic heterocycles. The summed E-state index contributed by atoms with van der Waals surface area (Å²) in [7, 11) is 0. The number of nitrogen functional groups attached to an aromatic ring is 1. The number of hydrogen-bond donors (Lipinski definition) is 3. The van der Waals surface area contributed by atoms with Gasteiger partial charge in [0.25, 0.3) is 0 Å². The number of carbonyl (C=O) groups excluding carboxylic acids is 1. The molecule has 1 aliphatic heterocycles. The van der Waals surface area contributed by atoms with Gasteiger partial charge in [-0.05, 0) is 18.9 Å². The van der Waals surface area contributed by atoms with Crippen LogP contribution >= 0.6 is 0 Å². The molecule has 4 N–H and O–H groups in total. The van der Waals surface area contributed by atoms with E-state index in [-0.39, 0.29) is 23.2 Å².